The Hall–Kier alpha value is -1.11. The first-order valence-corrected chi connectivity index (χ1v) is 7.93. The lowest BCUT2D eigenvalue weighted by atomic mass is 10.0. The van der Waals surface area contributed by atoms with Crippen molar-refractivity contribution in [2.45, 2.75) is 31.3 Å². The number of carbonyl (C=O) groups excluding carboxylic acids is 1. The standard InChI is InChI=1S/C13H20N2O3S.ClH/c1-9(10(2)14)13(16)15-8-11-4-6-12(7-5-11)19(3,17)18;/h4-7,9-10H,8,14H2,1-3H3,(H,15,16);1H. The molecule has 2 unspecified atom stereocenters. The lowest BCUT2D eigenvalue weighted by Gasteiger charge is -2.15. The molecule has 0 aliphatic heterocycles. The number of benzene rings is 1. The Labute approximate surface area is 126 Å². The third-order valence-electron chi connectivity index (χ3n) is 3.02. The molecule has 0 saturated carbocycles. The highest BCUT2D eigenvalue weighted by Gasteiger charge is 2.16. The Bertz CT molecular complexity index is 541. The fourth-order valence-electron chi connectivity index (χ4n) is 1.44. The van der Waals surface area contributed by atoms with Crippen LogP contribution in [0.3, 0.4) is 0 Å². The highest BCUT2D eigenvalue weighted by Crippen LogP contribution is 2.10. The molecule has 5 nitrogen and oxygen atoms in total. The maximum Gasteiger partial charge on any atom is 0.224 e. The maximum absolute atomic E-state index is 11.7. The molecule has 2 atom stereocenters. The van der Waals surface area contributed by atoms with Gasteiger partial charge in [-0.15, -0.1) is 12.4 Å². The second-order valence-electron chi connectivity index (χ2n) is 4.78. The van der Waals surface area contributed by atoms with Crippen LogP contribution in [-0.4, -0.2) is 26.6 Å². The van der Waals surface area contributed by atoms with Gasteiger partial charge >= 0.3 is 0 Å². The van der Waals surface area contributed by atoms with E-state index in [-0.39, 0.29) is 35.2 Å². The molecule has 0 fully saturated rings. The maximum atomic E-state index is 11.7. The molecular formula is C13H21ClN2O3S. The van der Waals surface area contributed by atoms with E-state index in [1.54, 1.807) is 26.0 Å². The summed E-state index contributed by atoms with van der Waals surface area (Å²) in [6.45, 7) is 3.91. The van der Waals surface area contributed by atoms with E-state index in [9.17, 15) is 13.2 Å². The van der Waals surface area contributed by atoms with Crippen LogP contribution in [0.2, 0.25) is 0 Å². The molecule has 0 aromatic heterocycles. The van der Waals surface area contributed by atoms with Gasteiger partial charge in [0.15, 0.2) is 9.84 Å². The van der Waals surface area contributed by atoms with Crippen LogP contribution in [0.5, 0.6) is 0 Å². The van der Waals surface area contributed by atoms with Gasteiger partial charge in [0.2, 0.25) is 5.91 Å². The third-order valence-corrected chi connectivity index (χ3v) is 4.15. The second-order valence-corrected chi connectivity index (χ2v) is 6.80. The monoisotopic (exact) mass is 320 g/mol. The van der Waals surface area contributed by atoms with Crippen LogP contribution in [0.25, 0.3) is 0 Å². The summed E-state index contributed by atoms with van der Waals surface area (Å²) in [7, 11) is -3.18. The Morgan fingerprint density at radius 1 is 1.25 bits per heavy atom. The number of carbonyl (C=O) groups is 1. The molecule has 0 bridgehead atoms. The predicted molar refractivity (Wildman–Crippen MR) is 81.5 cm³/mol. The van der Waals surface area contributed by atoms with E-state index in [4.69, 9.17) is 5.73 Å². The van der Waals surface area contributed by atoms with Crippen molar-refractivity contribution in [1.82, 2.24) is 5.32 Å². The molecule has 0 radical (unpaired) electrons. The Morgan fingerprint density at radius 2 is 1.75 bits per heavy atom. The van der Waals surface area contributed by atoms with Crippen molar-refractivity contribution in [1.29, 1.82) is 0 Å². The molecule has 1 aromatic rings. The Balaban J connectivity index is 0.00000361. The van der Waals surface area contributed by atoms with Crippen molar-refractivity contribution >= 4 is 28.2 Å². The van der Waals surface area contributed by atoms with Gasteiger partial charge in [-0.3, -0.25) is 4.79 Å². The fraction of sp³-hybridized carbons (Fsp3) is 0.462. The largest absolute Gasteiger partial charge is 0.352 e. The molecule has 1 aromatic carbocycles. The molecule has 0 aliphatic rings. The molecule has 0 saturated heterocycles. The molecule has 0 heterocycles. The lowest BCUT2D eigenvalue weighted by molar-refractivity contribution is -0.125. The molecule has 1 amide bonds. The van der Waals surface area contributed by atoms with Gasteiger partial charge in [-0.25, -0.2) is 8.42 Å². The van der Waals surface area contributed by atoms with E-state index in [1.165, 1.54) is 12.1 Å². The van der Waals surface area contributed by atoms with Crippen molar-refractivity contribution in [2.75, 3.05) is 6.26 Å². The van der Waals surface area contributed by atoms with Gasteiger partial charge in [-0.05, 0) is 24.6 Å². The molecule has 0 aliphatic carbocycles. The summed E-state index contributed by atoms with van der Waals surface area (Å²) >= 11 is 0. The average Bonchev–Trinajstić information content (AvgIpc) is 2.34. The molecule has 7 heteroatoms. The topological polar surface area (TPSA) is 89.3 Å². The number of sulfone groups is 1. The first-order chi connectivity index (χ1) is 8.71. The van der Waals surface area contributed by atoms with Crippen LogP contribution in [0.4, 0.5) is 0 Å². The van der Waals surface area contributed by atoms with Gasteiger partial charge in [0, 0.05) is 24.8 Å². The van der Waals surface area contributed by atoms with E-state index in [1.807, 2.05) is 0 Å². The van der Waals surface area contributed by atoms with Crippen LogP contribution < -0.4 is 11.1 Å². The summed E-state index contributed by atoms with van der Waals surface area (Å²) in [4.78, 5) is 12.0. The Morgan fingerprint density at radius 3 is 2.15 bits per heavy atom. The summed E-state index contributed by atoms with van der Waals surface area (Å²) in [5.74, 6) is -0.363. The summed E-state index contributed by atoms with van der Waals surface area (Å²) in [6.07, 6.45) is 1.16. The number of hydrogen-bond donors (Lipinski definition) is 2. The van der Waals surface area contributed by atoms with Gasteiger partial charge in [-0.2, -0.15) is 0 Å². The molecule has 114 valence electrons. The molecule has 1 rings (SSSR count). The number of halogens is 1. The van der Waals surface area contributed by atoms with Crippen LogP contribution in [-0.2, 0) is 21.2 Å². The molecule has 0 spiro atoms. The third kappa shape index (κ3) is 5.48. The number of nitrogens with one attached hydrogen (secondary N) is 1. The summed E-state index contributed by atoms with van der Waals surface area (Å²) in [5, 5.41) is 2.77. The number of nitrogens with two attached hydrogens (primary N) is 1. The van der Waals surface area contributed by atoms with Crippen molar-refractivity contribution in [2.24, 2.45) is 11.7 Å². The minimum Gasteiger partial charge on any atom is -0.352 e. The highest BCUT2D eigenvalue weighted by molar-refractivity contribution is 7.90. The van der Waals surface area contributed by atoms with Gasteiger partial charge < -0.3 is 11.1 Å². The van der Waals surface area contributed by atoms with Crippen molar-refractivity contribution in [3.05, 3.63) is 29.8 Å². The van der Waals surface area contributed by atoms with Crippen LogP contribution in [0.1, 0.15) is 19.4 Å². The zero-order valence-corrected chi connectivity index (χ0v) is 13.4. The van der Waals surface area contributed by atoms with Gasteiger partial charge in [-0.1, -0.05) is 19.1 Å². The summed E-state index contributed by atoms with van der Waals surface area (Å²) in [5.41, 5.74) is 6.49. The Kier molecular flexibility index (Phi) is 7.19. The first-order valence-electron chi connectivity index (χ1n) is 6.04. The zero-order chi connectivity index (χ0) is 14.6. The molecule has 20 heavy (non-hydrogen) atoms. The minimum absolute atomic E-state index is 0. The SMILES string of the molecule is CC(N)C(C)C(=O)NCc1ccc(S(C)(=O)=O)cc1.Cl. The van der Waals surface area contributed by atoms with E-state index >= 15 is 0 Å². The van der Waals surface area contributed by atoms with Crippen LogP contribution >= 0.6 is 12.4 Å². The number of amides is 1. The minimum atomic E-state index is -3.18. The second kappa shape index (κ2) is 7.61. The summed E-state index contributed by atoms with van der Waals surface area (Å²) in [6, 6.07) is 6.24. The number of rotatable bonds is 5. The summed E-state index contributed by atoms with van der Waals surface area (Å²) < 4.78 is 22.6. The van der Waals surface area contributed by atoms with Crippen molar-refractivity contribution < 1.29 is 13.2 Å². The van der Waals surface area contributed by atoms with Crippen molar-refractivity contribution in [3.8, 4) is 0 Å². The highest BCUT2D eigenvalue weighted by atomic mass is 35.5. The van der Waals surface area contributed by atoms with Gasteiger partial charge in [0.25, 0.3) is 0 Å². The normalized spacial score (nSPS) is 14.0. The van der Waals surface area contributed by atoms with Crippen LogP contribution in [0, 0.1) is 5.92 Å². The average molecular weight is 321 g/mol. The predicted octanol–water partition coefficient (Wildman–Crippen LogP) is 1.11. The smallest absolute Gasteiger partial charge is 0.224 e. The van der Waals surface area contributed by atoms with Gasteiger partial charge in [0.1, 0.15) is 0 Å². The van der Waals surface area contributed by atoms with Crippen LogP contribution in [0.15, 0.2) is 29.2 Å². The molecular weight excluding hydrogens is 300 g/mol. The van der Waals surface area contributed by atoms with Gasteiger partial charge in [0.05, 0.1) is 4.90 Å². The van der Waals surface area contributed by atoms with E-state index < -0.39 is 9.84 Å². The van der Waals surface area contributed by atoms with E-state index in [2.05, 4.69) is 5.32 Å². The quantitative estimate of drug-likeness (QED) is 0.850. The lowest BCUT2D eigenvalue weighted by Crippen LogP contribution is -2.38. The zero-order valence-electron chi connectivity index (χ0n) is 11.8. The van der Waals surface area contributed by atoms with Crippen molar-refractivity contribution in [3.63, 3.8) is 0 Å². The molecule has 3 N–H and O–H groups in total. The number of hydrogen-bond acceptors (Lipinski definition) is 4. The van der Waals surface area contributed by atoms with E-state index in [0.29, 0.717) is 6.54 Å². The van der Waals surface area contributed by atoms with E-state index in [0.717, 1.165) is 11.8 Å². The fourth-order valence-corrected chi connectivity index (χ4v) is 2.07. The first kappa shape index (κ1) is 18.9.